The molecule has 0 saturated carbocycles. The van der Waals surface area contributed by atoms with E-state index in [1.54, 1.807) is 0 Å². The molecule has 10 heteroatoms. The van der Waals surface area contributed by atoms with Crippen LogP contribution in [0.3, 0.4) is 0 Å². The number of unbranched alkanes of at least 4 members (excludes halogenated alkanes) is 12. The Kier molecular flexibility index (Phi) is 46.3. The SMILES string of the molecule is CCCCCCC[P+](=O)[O-].CCCCCCC[P+](=O)[O-].CCCCCCC[P+](=O)[O-].[Nd+3]. The van der Waals surface area contributed by atoms with E-state index in [1.807, 2.05) is 0 Å². The van der Waals surface area contributed by atoms with Crippen molar-refractivity contribution in [3.63, 3.8) is 0 Å². The molecule has 0 amide bonds. The molecule has 0 bridgehead atoms. The van der Waals surface area contributed by atoms with Crippen LogP contribution in [0.2, 0.25) is 0 Å². The van der Waals surface area contributed by atoms with Crippen molar-refractivity contribution in [1.82, 2.24) is 0 Å². The van der Waals surface area contributed by atoms with Crippen LogP contribution in [0, 0.1) is 40.8 Å². The second-order valence-electron chi connectivity index (χ2n) is 7.41. The first-order valence-corrected chi connectivity index (χ1v) is 15.8. The summed E-state index contributed by atoms with van der Waals surface area (Å²) in [4.78, 5) is 30.2. The van der Waals surface area contributed by atoms with Crippen LogP contribution < -0.4 is 14.7 Å². The van der Waals surface area contributed by atoms with Crippen molar-refractivity contribution in [2.45, 2.75) is 117 Å². The summed E-state index contributed by atoms with van der Waals surface area (Å²) in [6, 6.07) is 0. The standard InChI is InChI=1S/3C7H15O2P.Nd/c3*1-2-3-4-5-6-7-10(8)9;/h3*2-7H2,1H3;/q;;;+3. The van der Waals surface area contributed by atoms with Gasteiger partial charge in [-0.05, 0) is 38.5 Å². The van der Waals surface area contributed by atoms with Crippen LogP contribution in [-0.4, -0.2) is 18.5 Å². The second-order valence-corrected chi connectivity index (χ2v) is 10.7. The van der Waals surface area contributed by atoms with Gasteiger partial charge in [0.05, 0.1) is 0 Å². The van der Waals surface area contributed by atoms with Crippen LogP contribution in [0.4, 0.5) is 0 Å². The fourth-order valence-electron chi connectivity index (χ4n) is 2.53. The first-order valence-electron chi connectivity index (χ1n) is 11.7. The van der Waals surface area contributed by atoms with Crippen molar-refractivity contribution < 1.29 is 69.2 Å². The summed E-state index contributed by atoms with van der Waals surface area (Å²) in [5, 5.41) is 0. The van der Waals surface area contributed by atoms with E-state index in [9.17, 15) is 28.4 Å². The molecule has 0 spiro atoms. The third kappa shape index (κ3) is 54.2. The Balaban J connectivity index is -0.000000174. The Bertz CT molecular complexity index is 344. The van der Waals surface area contributed by atoms with Crippen molar-refractivity contribution in [3.05, 3.63) is 0 Å². The van der Waals surface area contributed by atoms with E-state index in [-0.39, 0.29) is 40.8 Å². The summed E-state index contributed by atoms with van der Waals surface area (Å²) in [6.45, 7) is 6.44. The minimum atomic E-state index is -2.12. The normalized spacial score (nSPS) is 11.2. The summed E-state index contributed by atoms with van der Waals surface area (Å²) >= 11 is 0. The molecule has 6 nitrogen and oxygen atoms in total. The van der Waals surface area contributed by atoms with Gasteiger partial charge in [0.15, 0.2) is 0 Å². The van der Waals surface area contributed by atoms with E-state index in [0.717, 1.165) is 38.5 Å². The first-order chi connectivity index (χ1) is 14.3. The molecule has 31 heavy (non-hydrogen) atoms. The minimum Gasteiger partial charge on any atom is -0.596 e. The maximum atomic E-state index is 10.1. The minimum absolute atomic E-state index is 0. The Morgan fingerprint density at radius 1 is 0.419 bits per heavy atom. The Morgan fingerprint density at radius 2 is 0.613 bits per heavy atom. The van der Waals surface area contributed by atoms with Gasteiger partial charge in [-0.15, -0.1) is 0 Å². The fourth-order valence-corrected chi connectivity index (χ4v) is 3.98. The molecule has 0 aromatic carbocycles. The van der Waals surface area contributed by atoms with Crippen LogP contribution in [0.5, 0.6) is 0 Å². The molecule has 0 aliphatic rings. The third-order valence-corrected chi connectivity index (χ3v) is 6.38. The van der Waals surface area contributed by atoms with E-state index < -0.39 is 24.1 Å². The van der Waals surface area contributed by atoms with Gasteiger partial charge in [-0.2, -0.15) is 0 Å². The molecule has 0 aromatic rings. The van der Waals surface area contributed by atoms with E-state index in [4.69, 9.17) is 0 Å². The number of hydrogen-bond acceptors (Lipinski definition) is 6. The van der Waals surface area contributed by atoms with Gasteiger partial charge >= 0.3 is 64.9 Å². The molecule has 3 atom stereocenters. The third-order valence-electron chi connectivity index (χ3n) is 4.33. The first kappa shape index (κ1) is 39.7. The number of rotatable bonds is 18. The van der Waals surface area contributed by atoms with Gasteiger partial charge in [-0.1, -0.05) is 92.3 Å². The molecule has 0 heterocycles. The maximum absolute atomic E-state index is 10.1. The predicted octanol–water partition coefficient (Wildman–Crippen LogP) is 6.18. The van der Waals surface area contributed by atoms with Gasteiger partial charge in [0.2, 0.25) is 0 Å². The van der Waals surface area contributed by atoms with Crippen molar-refractivity contribution in [1.29, 1.82) is 0 Å². The van der Waals surface area contributed by atoms with Gasteiger partial charge in [0, 0.05) is 0 Å². The van der Waals surface area contributed by atoms with Gasteiger partial charge in [0.1, 0.15) is 18.5 Å². The topological polar surface area (TPSA) is 120 Å². The Hall–Kier alpha value is 1.53. The van der Waals surface area contributed by atoms with Crippen LogP contribution in [0.15, 0.2) is 0 Å². The molecule has 0 aromatic heterocycles. The van der Waals surface area contributed by atoms with Gasteiger partial charge in [0.25, 0.3) is 0 Å². The molecule has 181 valence electrons. The van der Waals surface area contributed by atoms with E-state index in [0.29, 0.717) is 18.5 Å². The summed E-state index contributed by atoms with van der Waals surface area (Å²) in [6.07, 6.45) is 17.7. The molecule has 0 saturated heterocycles. The van der Waals surface area contributed by atoms with Gasteiger partial charge in [-0.25, -0.2) is 0 Å². The average Bonchev–Trinajstić information content (AvgIpc) is 2.68. The zero-order chi connectivity index (χ0) is 23.5. The molecule has 0 fully saturated rings. The summed E-state index contributed by atoms with van der Waals surface area (Å²) in [5.74, 6) is 0. The average molecular weight is 631 g/mol. The maximum Gasteiger partial charge on any atom is 3.00 e. The van der Waals surface area contributed by atoms with Crippen molar-refractivity contribution in [3.8, 4) is 0 Å². The molecular formula is C21H45NdO6P3+3. The van der Waals surface area contributed by atoms with Crippen molar-refractivity contribution in [2.75, 3.05) is 18.5 Å². The quantitative estimate of drug-likeness (QED) is 0.132. The van der Waals surface area contributed by atoms with Crippen LogP contribution >= 0.6 is 24.1 Å². The van der Waals surface area contributed by atoms with E-state index in [2.05, 4.69) is 20.8 Å². The van der Waals surface area contributed by atoms with Crippen LogP contribution in [0.1, 0.15) is 117 Å². The predicted molar refractivity (Wildman–Crippen MR) is 124 cm³/mol. The monoisotopic (exact) mass is 628 g/mol. The van der Waals surface area contributed by atoms with E-state index in [1.165, 1.54) is 57.8 Å². The Morgan fingerprint density at radius 3 is 0.774 bits per heavy atom. The van der Waals surface area contributed by atoms with Crippen LogP contribution in [-0.2, 0) is 13.7 Å². The molecular weight excluding hydrogens is 585 g/mol. The fraction of sp³-hybridized carbons (Fsp3) is 1.00. The summed E-state index contributed by atoms with van der Waals surface area (Å²) < 4.78 is 30.2. The number of hydrogen-bond donors (Lipinski definition) is 0. The van der Waals surface area contributed by atoms with E-state index >= 15 is 0 Å². The van der Waals surface area contributed by atoms with Crippen LogP contribution in [0.25, 0.3) is 0 Å². The smallest absolute Gasteiger partial charge is 0.596 e. The molecule has 1 radical (unpaired) electrons. The molecule has 0 N–H and O–H groups in total. The van der Waals surface area contributed by atoms with Gasteiger partial charge in [-0.3, -0.25) is 0 Å². The molecule has 0 aliphatic carbocycles. The summed E-state index contributed by atoms with van der Waals surface area (Å²) in [7, 11) is -6.36. The molecule has 0 rings (SSSR count). The summed E-state index contributed by atoms with van der Waals surface area (Å²) in [5.41, 5.74) is 0. The van der Waals surface area contributed by atoms with Gasteiger partial charge < -0.3 is 14.7 Å². The van der Waals surface area contributed by atoms with Crippen molar-refractivity contribution >= 4 is 24.1 Å². The second kappa shape index (κ2) is 36.1. The largest absolute Gasteiger partial charge is 3.00 e. The zero-order valence-electron chi connectivity index (χ0n) is 20.0. The zero-order valence-corrected chi connectivity index (χ0v) is 25.9. The van der Waals surface area contributed by atoms with Crippen molar-refractivity contribution in [2.24, 2.45) is 0 Å². The molecule has 3 unspecified atom stereocenters. The Labute approximate surface area is 227 Å². The molecule has 0 aliphatic heterocycles.